The van der Waals surface area contributed by atoms with Gasteiger partial charge in [-0.3, -0.25) is 32.4 Å². The van der Waals surface area contributed by atoms with Crippen LogP contribution in [0.4, 0.5) is 0 Å². The lowest BCUT2D eigenvalue weighted by Crippen LogP contribution is -2.35. The summed E-state index contributed by atoms with van der Waals surface area (Å²) in [5.41, 5.74) is 25.8. The van der Waals surface area contributed by atoms with E-state index in [2.05, 4.69) is 129 Å². The maximum absolute atomic E-state index is 13.0. The molecule has 4 aliphatic rings. The summed E-state index contributed by atoms with van der Waals surface area (Å²) < 4.78 is 14.6. The first-order valence-electron chi connectivity index (χ1n) is 43.6. The third-order valence-electron chi connectivity index (χ3n) is 25.2. The molecule has 0 bridgehead atoms. The molecule has 16 aromatic rings. The van der Waals surface area contributed by atoms with Crippen molar-refractivity contribution in [3.63, 3.8) is 0 Å². The first kappa shape index (κ1) is 82.3. The summed E-state index contributed by atoms with van der Waals surface area (Å²) >= 11 is 0. The Morgan fingerprint density at radius 2 is 0.689 bits per heavy atom. The number of imidazole rings is 4. The summed E-state index contributed by atoms with van der Waals surface area (Å²) in [6.07, 6.45) is 34.2. The lowest BCUT2D eigenvalue weighted by Gasteiger charge is -2.31. The van der Waals surface area contributed by atoms with E-state index in [1.54, 1.807) is 37.5 Å². The van der Waals surface area contributed by atoms with Crippen molar-refractivity contribution in [1.82, 2.24) is 100 Å². The fourth-order valence-electron chi connectivity index (χ4n) is 18.3. The molecule has 0 aliphatic carbocycles. The predicted molar refractivity (Wildman–Crippen MR) is 481 cm³/mol. The van der Waals surface area contributed by atoms with E-state index < -0.39 is 0 Å². The molecule has 0 aromatic carbocycles. The molecule has 4 fully saturated rings. The quantitative estimate of drug-likeness (QED) is 0.0966. The topological polar surface area (TPSA) is 262 Å². The molecule has 26 nitrogen and oxygen atoms in total. The number of fused-ring (bicyclic) bond motifs is 8. The van der Waals surface area contributed by atoms with E-state index in [0.29, 0.717) is 69.0 Å². The molecule has 0 unspecified atom stereocenters. The summed E-state index contributed by atoms with van der Waals surface area (Å²) in [5.74, 6) is 1.85. The van der Waals surface area contributed by atoms with Crippen LogP contribution in [0.15, 0.2) is 184 Å². The van der Waals surface area contributed by atoms with Gasteiger partial charge in [0.1, 0.15) is 39.5 Å². The van der Waals surface area contributed by atoms with Gasteiger partial charge >= 0.3 is 0 Å². The van der Waals surface area contributed by atoms with Crippen molar-refractivity contribution in [3.8, 4) is 45.0 Å². The van der Waals surface area contributed by atoms with Crippen LogP contribution < -0.4 is 27.6 Å². The molecule has 2 N–H and O–H groups in total. The fraction of sp³-hybridized carbons (Fsp3) is 0.385. The molecule has 4 saturated heterocycles. The second-order valence-electron chi connectivity index (χ2n) is 33.6. The Kier molecular flexibility index (Phi) is 24.0. The number of likely N-dealkylation sites (tertiary alicyclic amines) is 3. The number of aliphatic hydroxyl groups is 1. The molecule has 0 atom stereocenters. The molecule has 20 rings (SSSR count). The van der Waals surface area contributed by atoms with Crippen LogP contribution in [0, 0.1) is 27.7 Å². The molecule has 0 radical (unpaired) electrons. The molecule has 122 heavy (non-hydrogen) atoms. The number of nitrogens with one attached hydrogen (secondary N) is 1. The number of aliphatic hydroxyl groups excluding tert-OH is 1. The third kappa shape index (κ3) is 17.3. The minimum Gasteiger partial charge on any atom is -0.395 e. The van der Waals surface area contributed by atoms with Crippen molar-refractivity contribution in [1.29, 1.82) is 0 Å². The van der Waals surface area contributed by atoms with E-state index in [0.717, 1.165) is 238 Å². The van der Waals surface area contributed by atoms with Crippen LogP contribution in [0.25, 0.3) is 90.2 Å². The number of hydrogen-bond acceptors (Lipinski definition) is 18. The van der Waals surface area contributed by atoms with Crippen molar-refractivity contribution < 1.29 is 5.11 Å². The highest BCUT2D eigenvalue weighted by Crippen LogP contribution is 2.34. The summed E-state index contributed by atoms with van der Waals surface area (Å²) in [4.78, 5) is 96.7. The number of β-amino-alcohol motifs (C(OH)–C–C–N with tert-alkyl or cyclic N) is 1. The molecule has 0 spiro atoms. The van der Waals surface area contributed by atoms with Crippen LogP contribution in [-0.4, -0.2) is 179 Å². The SMILES string of the molecule is CCc1cc(-c2cc(=O)n3cc(C4CCN(C)CC4)ccc3n2)cn2cc(C)nc12.CCc1cc(-c2cc(=O)n3cc(C4CCN(CC)CC4)ccc3n2)cn2cc(C)nc12.CCc1cc(-c2cc(=O)n3cc(C4CCN(CCO)CC4)ccc3n2)cn2cc(C)nc12.CCc1cc(-c2cc(=O)n3nc(C4CCNCC4)ccc3n2)cn2cc(C)nc12. The number of pyridine rings is 7. The third-order valence-corrected chi connectivity index (χ3v) is 25.2. The van der Waals surface area contributed by atoms with Gasteiger partial charge in [0.2, 0.25) is 0 Å². The minimum absolute atomic E-state index is 0.0344. The van der Waals surface area contributed by atoms with Crippen LogP contribution >= 0.6 is 0 Å². The van der Waals surface area contributed by atoms with E-state index in [9.17, 15) is 19.2 Å². The Balaban J connectivity index is 0.000000116. The Morgan fingerprint density at radius 1 is 0.361 bits per heavy atom. The number of nitrogens with zero attached hydrogens (tertiary/aromatic N) is 20. The number of rotatable bonds is 15. The average Bonchev–Trinajstić information content (AvgIpc) is 1.66. The first-order valence-corrected chi connectivity index (χ1v) is 43.6. The van der Waals surface area contributed by atoms with Crippen molar-refractivity contribution in [2.45, 2.75) is 163 Å². The smallest absolute Gasteiger partial charge is 0.275 e. The van der Waals surface area contributed by atoms with Crippen LogP contribution in [0.5, 0.6) is 0 Å². The van der Waals surface area contributed by atoms with Crippen LogP contribution in [0.1, 0.15) is 177 Å². The highest BCUT2D eigenvalue weighted by atomic mass is 16.3. The van der Waals surface area contributed by atoms with Crippen LogP contribution in [0.3, 0.4) is 0 Å². The highest BCUT2D eigenvalue weighted by molar-refractivity contribution is 5.70. The van der Waals surface area contributed by atoms with Crippen molar-refractivity contribution in [3.05, 3.63) is 274 Å². The predicted octanol–water partition coefficient (Wildman–Crippen LogP) is 13.6. The lowest BCUT2D eigenvalue weighted by atomic mass is 9.90. The molecular formula is C96H109N21O5. The van der Waals surface area contributed by atoms with Crippen molar-refractivity contribution in [2.24, 2.45) is 0 Å². The zero-order valence-corrected chi connectivity index (χ0v) is 71.7. The van der Waals surface area contributed by atoms with Gasteiger partial charge in [0.15, 0.2) is 5.65 Å². The van der Waals surface area contributed by atoms with E-state index in [4.69, 9.17) is 25.0 Å². The van der Waals surface area contributed by atoms with Gasteiger partial charge in [0.05, 0.1) is 57.9 Å². The normalized spacial score (nSPS) is 15.7. The summed E-state index contributed by atoms with van der Waals surface area (Å²) in [6.45, 7) is 29.1. The van der Waals surface area contributed by atoms with Gasteiger partial charge in [-0.25, -0.2) is 39.9 Å². The molecule has 0 saturated carbocycles. The minimum atomic E-state index is -0.152. The second kappa shape index (κ2) is 35.5. The molecule has 16 aromatic heterocycles. The summed E-state index contributed by atoms with van der Waals surface area (Å²) in [7, 11) is 2.17. The monoisotopic (exact) mass is 1640 g/mol. The van der Waals surface area contributed by atoms with E-state index in [1.807, 2.05) is 144 Å². The van der Waals surface area contributed by atoms with Gasteiger partial charge in [-0.05, 0) is 282 Å². The summed E-state index contributed by atoms with van der Waals surface area (Å²) in [5, 5.41) is 17.1. The standard InChI is InChI=1S/C25H29N5O2.C25H29N5O.C24H27N5O.C22H24N6O/c1-3-18-12-21(15-29-14-17(2)26-25(18)29)22-13-24(32)30-16-20(4-5-23(30)27-22)19-6-8-28(9-7-19)10-11-31;1-4-18-12-21(15-29-14-17(3)26-25(18)29)22-13-24(31)30-16-20(6-7-23(30)27-22)19-8-10-28(5-2)11-9-19;1-4-17-11-20(14-28-13-16(2)25-24(17)28)21-12-23(30)29-15-19(5-6-22(29)26-21)18-7-9-27(3)10-8-18;1-3-15-10-17(13-27-12-14(2)24-22(15)27)19-11-21(29)28-20(25-19)5-4-18(26-28)16-6-8-23-9-7-16/h4-5,12-16,19,31H,3,6-11H2,1-2H3;6-7,12-16,19H,4-5,8-11H2,1-3H3;5-6,11-15,18H,4,7-10H2,1-3H3;4-5,10-13,16,23H,3,6-9H2,1-2H3. The Labute approximate surface area is 708 Å². The Hall–Kier alpha value is -12.1. The number of hydrogen-bond donors (Lipinski definition) is 2. The Morgan fingerprint density at radius 3 is 1.03 bits per heavy atom. The van der Waals surface area contributed by atoms with Crippen LogP contribution in [-0.2, 0) is 25.7 Å². The average molecular weight is 1640 g/mol. The largest absolute Gasteiger partial charge is 0.395 e. The zero-order chi connectivity index (χ0) is 84.6. The van der Waals surface area contributed by atoms with E-state index in [-0.39, 0.29) is 28.8 Å². The van der Waals surface area contributed by atoms with Gasteiger partial charge in [0.25, 0.3) is 22.2 Å². The molecule has 20 heterocycles. The second-order valence-corrected chi connectivity index (χ2v) is 33.6. The maximum atomic E-state index is 13.0. The Bertz CT molecular complexity index is 6830. The zero-order valence-electron chi connectivity index (χ0n) is 71.7. The highest BCUT2D eigenvalue weighted by Gasteiger charge is 2.26. The molecule has 0 amide bonds. The van der Waals surface area contributed by atoms with Gasteiger partial charge < -0.3 is 42.7 Å². The van der Waals surface area contributed by atoms with Crippen molar-refractivity contribution in [2.75, 3.05) is 79.1 Å². The molecule has 4 aliphatic heterocycles. The van der Waals surface area contributed by atoms with E-state index in [1.165, 1.54) is 21.2 Å². The van der Waals surface area contributed by atoms with Gasteiger partial charge in [-0.2, -0.15) is 9.61 Å². The van der Waals surface area contributed by atoms with E-state index >= 15 is 0 Å². The number of aromatic nitrogens is 17. The van der Waals surface area contributed by atoms with Crippen molar-refractivity contribution >= 4 is 45.2 Å². The summed E-state index contributed by atoms with van der Waals surface area (Å²) in [6, 6.07) is 31.2. The first-order chi connectivity index (χ1) is 59.2. The number of aryl methyl sites for hydroxylation is 8. The maximum Gasteiger partial charge on any atom is 0.275 e. The van der Waals surface area contributed by atoms with Gasteiger partial charge in [-0.15, -0.1) is 0 Å². The molecule has 26 heteroatoms. The molecule has 628 valence electrons. The molecular weight excluding hydrogens is 1530 g/mol. The lowest BCUT2D eigenvalue weighted by molar-refractivity contribution is 0.164. The van der Waals surface area contributed by atoms with Gasteiger partial charge in [0, 0.05) is 127 Å². The fourth-order valence-corrected chi connectivity index (χ4v) is 18.3. The van der Waals surface area contributed by atoms with Gasteiger partial charge in [-0.1, -0.05) is 52.8 Å². The number of piperidine rings is 4. The van der Waals surface area contributed by atoms with Crippen LogP contribution in [0.2, 0.25) is 0 Å².